The summed E-state index contributed by atoms with van der Waals surface area (Å²) in [5.41, 5.74) is 6.05. The van der Waals surface area contributed by atoms with E-state index in [1.165, 1.54) is 4.88 Å². The molecule has 0 spiro atoms. The van der Waals surface area contributed by atoms with Crippen molar-refractivity contribution in [3.8, 4) is 0 Å². The van der Waals surface area contributed by atoms with Crippen LogP contribution in [0.4, 0.5) is 5.13 Å². The third-order valence-electron chi connectivity index (χ3n) is 3.83. The van der Waals surface area contributed by atoms with Gasteiger partial charge in [0, 0.05) is 43.2 Å². The summed E-state index contributed by atoms with van der Waals surface area (Å²) in [5.74, 6) is 0.948. The van der Waals surface area contributed by atoms with Crippen LogP contribution in [0.25, 0.3) is 0 Å². The minimum atomic E-state index is 0.0449. The molecule has 1 amide bonds. The van der Waals surface area contributed by atoms with E-state index in [4.69, 9.17) is 5.73 Å². The zero-order chi connectivity index (χ0) is 15.4. The molecule has 1 aromatic rings. The van der Waals surface area contributed by atoms with Crippen LogP contribution in [0.2, 0.25) is 0 Å². The molecule has 2 atom stereocenters. The highest BCUT2D eigenvalue weighted by molar-refractivity contribution is 7.15. The second-order valence-corrected chi connectivity index (χ2v) is 7.56. The fourth-order valence-electron chi connectivity index (χ4n) is 2.59. The number of nitrogens with two attached hydrogens (primary N) is 1. The molecule has 2 heterocycles. The lowest BCUT2D eigenvalue weighted by Gasteiger charge is -2.34. The molecule has 0 aromatic carbocycles. The van der Waals surface area contributed by atoms with Crippen LogP contribution in [0.15, 0.2) is 6.20 Å². The van der Waals surface area contributed by atoms with Gasteiger partial charge in [-0.2, -0.15) is 0 Å². The average molecular weight is 310 g/mol. The van der Waals surface area contributed by atoms with Crippen molar-refractivity contribution < 1.29 is 4.79 Å². The van der Waals surface area contributed by atoms with E-state index in [0.29, 0.717) is 29.4 Å². The maximum Gasteiger partial charge on any atom is 0.226 e. The fraction of sp³-hybridized carbons (Fsp3) is 0.733. The van der Waals surface area contributed by atoms with Crippen LogP contribution in [0.1, 0.15) is 38.5 Å². The van der Waals surface area contributed by atoms with Gasteiger partial charge < -0.3 is 11.1 Å². The number of nitrogens with one attached hydrogen (secondary N) is 1. The number of hydrogen-bond acceptors (Lipinski definition) is 5. The maximum absolute atomic E-state index is 11.7. The topological polar surface area (TPSA) is 71.2 Å². The second kappa shape index (κ2) is 7.33. The van der Waals surface area contributed by atoms with Crippen molar-refractivity contribution >= 4 is 22.4 Å². The number of anilines is 1. The number of hydrogen-bond donors (Lipinski definition) is 2. The summed E-state index contributed by atoms with van der Waals surface area (Å²) in [5, 5.41) is 3.58. The maximum atomic E-state index is 11.7. The van der Waals surface area contributed by atoms with Gasteiger partial charge in [-0.3, -0.25) is 9.69 Å². The van der Waals surface area contributed by atoms with Crippen molar-refractivity contribution in [1.82, 2.24) is 9.88 Å². The number of piperidine rings is 1. The molecule has 21 heavy (non-hydrogen) atoms. The zero-order valence-electron chi connectivity index (χ0n) is 13.1. The van der Waals surface area contributed by atoms with Gasteiger partial charge in [-0.05, 0) is 18.3 Å². The Hall–Kier alpha value is -0.980. The van der Waals surface area contributed by atoms with Gasteiger partial charge in [0.05, 0.1) is 0 Å². The van der Waals surface area contributed by atoms with Gasteiger partial charge in [-0.25, -0.2) is 4.98 Å². The molecule has 0 radical (unpaired) electrons. The molecule has 118 valence electrons. The first-order valence-electron chi connectivity index (χ1n) is 7.66. The normalized spacial score (nSPS) is 23.5. The van der Waals surface area contributed by atoms with Crippen LogP contribution in [0, 0.1) is 11.8 Å². The van der Waals surface area contributed by atoms with Crippen LogP contribution >= 0.6 is 11.3 Å². The zero-order valence-corrected chi connectivity index (χ0v) is 13.9. The van der Waals surface area contributed by atoms with E-state index in [9.17, 15) is 4.79 Å². The summed E-state index contributed by atoms with van der Waals surface area (Å²) in [6.07, 6.45) is 3.46. The lowest BCUT2D eigenvalue weighted by atomic mass is 9.95. The van der Waals surface area contributed by atoms with Crippen LogP contribution in [-0.4, -0.2) is 34.9 Å². The van der Waals surface area contributed by atoms with Gasteiger partial charge in [0.25, 0.3) is 0 Å². The summed E-state index contributed by atoms with van der Waals surface area (Å²) in [6, 6.07) is 0.327. The van der Waals surface area contributed by atoms with E-state index >= 15 is 0 Å². The van der Waals surface area contributed by atoms with E-state index in [-0.39, 0.29) is 5.91 Å². The van der Waals surface area contributed by atoms with Crippen molar-refractivity contribution in [3.63, 3.8) is 0 Å². The first kappa shape index (κ1) is 16.4. The molecule has 2 unspecified atom stereocenters. The third kappa shape index (κ3) is 5.05. The summed E-state index contributed by atoms with van der Waals surface area (Å²) in [7, 11) is 0. The predicted molar refractivity (Wildman–Crippen MR) is 87.2 cm³/mol. The SMILES string of the molecule is CC(C)CC(=O)Nc1ncc(CN2CCC(N)C(C)C2)s1. The summed E-state index contributed by atoms with van der Waals surface area (Å²) in [6.45, 7) is 9.26. The number of carbonyl (C=O) groups excluding carboxylic acids is 1. The van der Waals surface area contributed by atoms with Crippen molar-refractivity contribution in [2.45, 2.75) is 46.2 Å². The molecule has 0 bridgehead atoms. The van der Waals surface area contributed by atoms with Crippen LogP contribution < -0.4 is 11.1 Å². The number of aromatic nitrogens is 1. The molecule has 1 aliphatic rings. The number of amides is 1. The Morgan fingerprint density at radius 2 is 2.38 bits per heavy atom. The highest BCUT2D eigenvalue weighted by atomic mass is 32.1. The lowest BCUT2D eigenvalue weighted by Crippen LogP contribution is -2.45. The highest BCUT2D eigenvalue weighted by Gasteiger charge is 2.23. The van der Waals surface area contributed by atoms with Crippen molar-refractivity contribution in [2.75, 3.05) is 18.4 Å². The third-order valence-corrected chi connectivity index (χ3v) is 4.73. The Balaban J connectivity index is 1.84. The van der Waals surface area contributed by atoms with Gasteiger partial charge in [-0.15, -0.1) is 11.3 Å². The van der Waals surface area contributed by atoms with Crippen molar-refractivity contribution in [1.29, 1.82) is 0 Å². The summed E-state index contributed by atoms with van der Waals surface area (Å²) in [4.78, 5) is 19.6. The molecule has 1 aliphatic heterocycles. The molecule has 1 fully saturated rings. The van der Waals surface area contributed by atoms with Gasteiger partial charge in [0.1, 0.15) is 0 Å². The first-order valence-corrected chi connectivity index (χ1v) is 8.48. The Morgan fingerprint density at radius 3 is 3.05 bits per heavy atom. The number of thiazole rings is 1. The molecule has 5 nitrogen and oxygen atoms in total. The highest BCUT2D eigenvalue weighted by Crippen LogP contribution is 2.23. The van der Waals surface area contributed by atoms with E-state index in [0.717, 1.165) is 26.1 Å². The number of nitrogens with zero attached hydrogens (tertiary/aromatic N) is 2. The van der Waals surface area contributed by atoms with E-state index in [1.54, 1.807) is 11.3 Å². The standard InChI is InChI=1S/C15H26N4OS/c1-10(2)6-14(20)18-15-17-7-12(21-15)9-19-5-4-13(16)11(3)8-19/h7,10-11,13H,4-6,8-9,16H2,1-3H3,(H,17,18,20). The van der Waals surface area contributed by atoms with Crippen LogP contribution in [0.3, 0.4) is 0 Å². The molecular formula is C15H26N4OS. The Labute approximate surface area is 130 Å². The molecule has 0 saturated carbocycles. The Bertz CT molecular complexity index is 474. The van der Waals surface area contributed by atoms with Crippen molar-refractivity contribution in [2.24, 2.45) is 17.6 Å². The molecule has 1 saturated heterocycles. The summed E-state index contributed by atoms with van der Waals surface area (Å²) < 4.78 is 0. The predicted octanol–water partition coefficient (Wildman–Crippen LogP) is 2.30. The van der Waals surface area contributed by atoms with E-state index < -0.39 is 0 Å². The lowest BCUT2D eigenvalue weighted by molar-refractivity contribution is -0.116. The largest absolute Gasteiger partial charge is 0.327 e. The quantitative estimate of drug-likeness (QED) is 0.875. The number of rotatable bonds is 5. The summed E-state index contributed by atoms with van der Waals surface area (Å²) >= 11 is 1.57. The van der Waals surface area contributed by atoms with Gasteiger partial charge >= 0.3 is 0 Å². The minimum Gasteiger partial charge on any atom is -0.327 e. The van der Waals surface area contributed by atoms with Crippen molar-refractivity contribution in [3.05, 3.63) is 11.1 Å². The molecule has 3 N–H and O–H groups in total. The first-order chi connectivity index (χ1) is 9.94. The van der Waals surface area contributed by atoms with Crippen LogP contribution in [-0.2, 0) is 11.3 Å². The molecule has 1 aromatic heterocycles. The average Bonchev–Trinajstić information content (AvgIpc) is 2.80. The fourth-order valence-corrected chi connectivity index (χ4v) is 3.46. The van der Waals surface area contributed by atoms with Gasteiger partial charge in [-0.1, -0.05) is 20.8 Å². The van der Waals surface area contributed by atoms with E-state index in [2.05, 4.69) is 22.1 Å². The number of carbonyl (C=O) groups is 1. The monoisotopic (exact) mass is 310 g/mol. The molecule has 6 heteroatoms. The van der Waals surface area contributed by atoms with Gasteiger partial charge in [0.2, 0.25) is 5.91 Å². The minimum absolute atomic E-state index is 0.0449. The number of likely N-dealkylation sites (tertiary alicyclic amines) is 1. The smallest absolute Gasteiger partial charge is 0.226 e. The molecule has 0 aliphatic carbocycles. The van der Waals surface area contributed by atoms with E-state index in [1.807, 2.05) is 20.0 Å². The van der Waals surface area contributed by atoms with Gasteiger partial charge in [0.15, 0.2) is 5.13 Å². The second-order valence-electron chi connectivity index (χ2n) is 6.44. The Kier molecular flexibility index (Phi) is 5.72. The van der Waals surface area contributed by atoms with Crippen LogP contribution in [0.5, 0.6) is 0 Å². The molecule has 2 rings (SSSR count). The Morgan fingerprint density at radius 1 is 1.62 bits per heavy atom. The molecular weight excluding hydrogens is 284 g/mol.